The molecule has 0 radical (unpaired) electrons. The summed E-state index contributed by atoms with van der Waals surface area (Å²) in [4.78, 5) is 0. The highest BCUT2D eigenvalue weighted by Gasteiger charge is 2.34. The van der Waals surface area contributed by atoms with E-state index in [4.69, 9.17) is 5.26 Å². The number of allylic oxidation sites excluding steroid dienone is 2. The molecule has 0 atom stereocenters. The Bertz CT molecular complexity index is 179. The third-order valence-electron chi connectivity index (χ3n) is 1.78. The van der Waals surface area contributed by atoms with Gasteiger partial charge in [-0.05, 0) is 25.2 Å². The number of nitriles is 1. The van der Waals surface area contributed by atoms with Crippen molar-refractivity contribution in [3.05, 3.63) is 11.6 Å². The normalized spacial score (nSPS) is 23.0. The Balaban J connectivity index is 2.59. The first kappa shape index (κ1) is 6.35. The van der Waals surface area contributed by atoms with Gasteiger partial charge >= 0.3 is 0 Å². The van der Waals surface area contributed by atoms with Crippen molar-refractivity contribution in [3.8, 4) is 6.07 Å². The van der Waals surface area contributed by atoms with Crippen molar-refractivity contribution in [1.82, 2.24) is 0 Å². The molecule has 0 bridgehead atoms. The highest BCUT2D eigenvalue weighted by molar-refractivity contribution is 5.23. The summed E-state index contributed by atoms with van der Waals surface area (Å²) in [5.41, 5.74) is 1.25. The van der Waals surface area contributed by atoms with Crippen molar-refractivity contribution in [2.24, 2.45) is 5.41 Å². The van der Waals surface area contributed by atoms with Crippen LogP contribution in [0.1, 0.15) is 26.7 Å². The molecule has 48 valence electrons. The second-order valence-corrected chi connectivity index (χ2v) is 3.09. The first-order valence-corrected chi connectivity index (χ1v) is 3.26. The van der Waals surface area contributed by atoms with Crippen molar-refractivity contribution >= 4 is 0 Å². The summed E-state index contributed by atoms with van der Waals surface area (Å²) in [5.74, 6) is 0. The minimum Gasteiger partial charge on any atom is -0.193 e. The van der Waals surface area contributed by atoms with Crippen molar-refractivity contribution in [3.63, 3.8) is 0 Å². The smallest absolute Gasteiger partial charge is 0.0940 e. The summed E-state index contributed by atoms with van der Waals surface area (Å²) in [5, 5.41) is 8.41. The van der Waals surface area contributed by atoms with Gasteiger partial charge in [-0.3, -0.25) is 0 Å². The maximum atomic E-state index is 8.41. The molecule has 0 aromatic rings. The summed E-state index contributed by atoms with van der Waals surface area (Å²) in [6, 6.07) is 2.12. The van der Waals surface area contributed by atoms with E-state index in [-0.39, 0.29) is 0 Å². The van der Waals surface area contributed by atoms with E-state index in [2.05, 4.69) is 19.1 Å². The first-order chi connectivity index (χ1) is 4.16. The van der Waals surface area contributed by atoms with Gasteiger partial charge in [0.05, 0.1) is 6.07 Å². The van der Waals surface area contributed by atoms with Crippen LogP contribution < -0.4 is 0 Å². The molecule has 1 rings (SSSR count). The molecule has 1 nitrogen and oxygen atoms in total. The molecule has 1 fully saturated rings. The quantitative estimate of drug-likeness (QED) is 0.488. The molecule has 9 heavy (non-hydrogen) atoms. The summed E-state index contributed by atoms with van der Waals surface area (Å²) >= 11 is 0. The van der Waals surface area contributed by atoms with E-state index >= 15 is 0 Å². The van der Waals surface area contributed by atoms with E-state index in [9.17, 15) is 0 Å². The maximum Gasteiger partial charge on any atom is 0.0940 e. The average Bonchev–Trinajstić information content (AvgIpc) is 2.48. The second kappa shape index (κ2) is 1.88. The molecule has 0 aromatic heterocycles. The lowest BCUT2D eigenvalue weighted by Gasteiger charge is -1.96. The van der Waals surface area contributed by atoms with Crippen LogP contribution in [-0.2, 0) is 0 Å². The van der Waals surface area contributed by atoms with Crippen LogP contribution in [0.2, 0.25) is 0 Å². The topological polar surface area (TPSA) is 23.8 Å². The lowest BCUT2D eigenvalue weighted by molar-refractivity contribution is 0.742. The molecule has 0 heterocycles. The van der Waals surface area contributed by atoms with Gasteiger partial charge in [0, 0.05) is 5.57 Å². The fourth-order valence-electron chi connectivity index (χ4n) is 0.896. The molecule has 0 spiro atoms. The van der Waals surface area contributed by atoms with Gasteiger partial charge in [0.2, 0.25) is 0 Å². The Morgan fingerprint density at radius 2 is 2.22 bits per heavy atom. The molecule has 0 unspecified atom stereocenters. The zero-order valence-electron chi connectivity index (χ0n) is 5.94. The molecular weight excluding hydrogens is 110 g/mol. The summed E-state index contributed by atoms with van der Waals surface area (Å²) in [6.45, 7) is 4.05. The van der Waals surface area contributed by atoms with Gasteiger partial charge in [-0.25, -0.2) is 0 Å². The SMILES string of the molecule is C/C(C#N)=C/C1(C)CC1. The third-order valence-corrected chi connectivity index (χ3v) is 1.78. The van der Waals surface area contributed by atoms with E-state index in [1.807, 2.05) is 6.92 Å². The van der Waals surface area contributed by atoms with Crippen LogP contribution in [0.15, 0.2) is 11.6 Å². The van der Waals surface area contributed by atoms with Gasteiger partial charge in [0.1, 0.15) is 0 Å². The summed E-state index contributed by atoms with van der Waals surface area (Å²) in [7, 11) is 0. The van der Waals surface area contributed by atoms with Crippen LogP contribution in [-0.4, -0.2) is 0 Å². The van der Waals surface area contributed by atoms with Crippen LogP contribution in [0.5, 0.6) is 0 Å². The van der Waals surface area contributed by atoms with Crippen molar-refractivity contribution in [2.75, 3.05) is 0 Å². The van der Waals surface area contributed by atoms with Crippen molar-refractivity contribution in [2.45, 2.75) is 26.7 Å². The van der Waals surface area contributed by atoms with Crippen molar-refractivity contribution < 1.29 is 0 Å². The highest BCUT2D eigenvalue weighted by atomic mass is 14.4. The molecule has 0 aromatic carbocycles. The molecular formula is C8H11N. The van der Waals surface area contributed by atoms with Gasteiger partial charge in [0.15, 0.2) is 0 Å². The van der Waals surface area contributed by atoms with Crippen LogP contribution in [0.25, 0.3) is 0 Å². The molecule has 0 amide bonds. The average molecular weight is 121 g/mol. The zero-order chi connectivity index (χ0) is 6.91. The van der Waals surface area contributed by atoms with E-state index < -0.39 is 0 Å². The van der Waals surface area contributed by atoms with E-state index in [1.54, 1.807) is 0 Å². The van der Waals surface area contributed by atoms with Gasteiger partial charge < -0.3 is 0 Å². The predicted molar refractivity (Wildman–Crippen MR) is 36.7 cm³/mol. The zero-order valence-corrected chi connectivity index (χ0v) is 5.94. The van der Waals surface area contributed by atoms with Gasteiger partial charge in [0.25, 0.3) is 0 Å². The van der Waals surface area contributed by atoms with E-state index in [0.29, 0.717) is 5.41 Å². The summed E-state index contributed by atoms with van der Waals surface area (Å²) < 4.78 is 0. The van der Waals surface area contributed by atoms with Gasteiger partial charge in [-0.2, -0.15) is 5.26 Å². The van der Waals surface area contributed by atoms with Crippen LogP contribution in [0.3, 0.4) is 0 Å². The van der Waals surface area contributed by atoms with Crippen LogP contribution in [0, 0.1) is 16.7 Å². The Kier molecular flexibility index (Phi) is 1.32. The Morgan fingerprint density at radius 3 is 2.56 bits per heavy atom. The minimum absolute atomic E-state index is 0.389. The van der Waals surface area contributed by atoms with E-state index in [1.165, 1.54) is 12.8 Å². The second-order valence-electron chi connectivity index (χ2n) is 3.09. The van der Waals surface area contributed by atoms with Gasteiger partial charge in [-0.1, -0.05) is 13.0 Å². The number of hydrogen-bond donors (Lipinski definition) is 0. The molecule has 0 aliphatic heterocycles. The first-order valence-electron chi connectivity index (χ1n) is 3.26. The lowest BCUT2D eigenvalue weighted by atomic mass is 10.1. The molecule has 0 N–H and O–H groups in total. The number of hydrogen-bond acceptors (Lipinski definition) is 1. The highest BCUT2D eigenvalue weighted by Crippen LogP contribution is 2.46. The van der Waals surface area contributed by atoms with Gasteiger partial charge in [-0.15, -0.1) is 0 Å². The Labute approximate surface area is 56.0 Å². The van der Waals surface area contributed by atoms with Crippen molar-refractivity contribution in [1.29, 1.82) is 5.26 Å². The number of nitrogens with zero attached hydrogens (tertiary/aromatic N) is 1. The monoisotopic (exact) mass is 121 g/mol. The minimum atomic E-state index is 0.389. The molecule has 1 aliphatic carbocycles. The fraction of sp³-hybridized carbons (Fsp3) is 0.625. The predicted octanol–water partition coefficient (Wildman–Crippen LogP) is 2.26. The van der Waals surface area contributed by atoms with Crippen LogP contribution >= 0.6 is 0 Å². The largest absolute Gasteiger partial charge is 0.193 e. The van der Waals surface area contributed by atoms with Crippen LogP contribution in [0.4, 0.5) is 0 Å². The Hall–Kier alpha value is -0.770. The molecule has 1 aliphatic rings. The number of rotatable bonds is 1. The fourth-order valence-corrected chi connectivity index (χ4v) is 0.896. The standard InChI is InChI=1S/C8H11N/c1-7(6-9)5-8(2)3-4-8/h5H,3-4H2,1-2H3/b7-5-. The molecule has 1 heteroatoms. The maximum absolute atomic E-state index is 8.41. The lowest BCUT2D eigenvalue weighted by Crippen LogP contribution is -1.85. The molecule has 1 saturated carbocycles. The summed E-state index contributed by atoms with van der Waals surface area (Å²) in [6.07, 6.45) is 4.59. The Morgan fingerprint density at radius 1 is 1.67 bits per heavy atom. The third kappa shape index (κ3) is 1.57. The van der Waals surface area contributed by atoms with E-state index in [0.717, 1.165) is 5.57 Å². The molecule has 0 saturated heterocycles.